The van der Waals surface area contributed by atoms with Crippen molar-refractivity contribution < 1.29 is 24.5 Å². The summed E-state index contributed by atoms with van der Waals surface area (Å²) in [6, 6.07) is 0. The van der Waals surface area contributed by atoms with Gasteiger partial charge in [0.2, 0.25) is 0 Å². The first-order valence-corrected chi connectivity index (χ1v) is 11.1. The van der Waals surface area contributed by atoms with Gasteiger partial charge in [-0.05, 0) is 55.8 Å². The molecule has 4 N–H and O–H groups in total. The van der Waals surface area contributed by atoms with Gasteiger partial charge in [0.25, 0.3) is 0 Å². The van der Waals surface area contributed by atoms with Gasteiger partial charge in [0, 0.05) is 23.8 Å². The Morgan fingerprint density at radius 3 is 2.34 bits per heavy atom. The fourth-order valence-corrected chi connectivity index (χ4v) is 6.51. The molecule has 2 bridgehead atoms. The molecule has 2 aliphatic carbocycles. The number of aliphatic hydroxyl groups is 2. The van der Waals surface area contributed by atoms with Gasteiger partial charge < -0.3 is 25.5 Å². The minimum absolute atomic E-state index is 0.0354. The van der Waals surface area contributed by atoms with Crippen molar-refractivity contribution in [2.24, 2.45) is 39.7 Å². The van der Waals surface area contributed by atoms with E-state index >= 15 is 0 Å². The number of aliphatic hydroxyl groups excluding tert-OH is 2. The van der Waals surface area contributed by atoms with Gasteiger partial charge in [-0.1, -0.05) is 34.6 Å². The molecule has 6 nitrogen and oxygen atoms in total. The molecule has 0 aromatic heterocycles. The topological polar surface area (TPSA) is 110 Å². The average Bonchev–Trinajstić information content (AvgIpc) is 2.69. The van der Waals surface area contributed by atoms with Crippen molar-refractivity contribution in [1.82, 2.24) is 0 Å². The Morgan fingerprint density at radius 1 is 1.21 bits per heavy atom. The van der Waals surface area contributed by atoms with E-state index in [9.17, 15) is 19.8 Å². The number of fused-ring (bicyclic) bond motifs is 2. The SMILES string of the molecule is CC(=O)CC[C@]12CC[C@@H](C)[C@](C)([C@@H]1C)[C@H](OC(=O)CO)C[C@](C)(CN)[C@@H](O)[C@@H]2C. The van der Waals surface area contributed by atoms with Crippen molar-refractivity contribution in [1.29, 1.82) is 0 Å². The van der Waals surface area contributed by atoms with E-state index in [2.05, 4.69) is 27.7 Å². The molecule has 168 valence electrons. The molecule has 2 fully saturated rings. The van der Waals surface area contributed by atoms with Gasteiger partial charge in [-0.3, -0.25) is 0 Å². The maximum atomic E-state index is 12.1. The lowest BCUT2D eigenvalue weighted by molar-refractivity contribution is -0.218. The van der Waals surface area contributed by atoms with Crippen LogP contribution in [0.15, 0.2) is 0 Å². The average molecular weight is 412 g/mol. The summed E-state index contributed by atoms with van der Waals surface area (Å²) in [5, 5.41) is 20.8. The third-order valence-electron chi connectivity index (χ3n) is 9.15. The van der Waals surface area contributed by atoms with Gasteiger partial charge in [0.15, 0.2) is 0 Å². The predicted molar refractivity (Wildman–Crippen MR) is 112 cm³/mol. The van der Waals surface area contributed by atoms with Crippen molar-refractivity contribution in [3.63, 3.8) is 0 Å². The summed E-state index contributed by atoms with van der Waals surface area (Å²) in [7, 11) is 0. The number of ketones is 1. The van der Waals surface area contributed by atoms with Crippen molar-refractivity contribution in [2.75, 3.05) is 13.2 Å². The normalized spacial score (nSPS) is 45.2. The summed E-state index contributed by atoms with van der Waals surface area (Å²) in [6.07, 6.45) is 2.39. The summed E-state index contributed by atoms with van der Waals surface area (Å²) in [5.41, 5.74) is 4.95. The summed E-state index contributed by atoms with van der Waals surface area (Å²) in [6.45, 7) is 11.9. The Bertz CT molecular complexity index is 624. The molecule has 6 heteroatoms. The number of esters is 1. The Labute approximate surface area is 175 Å². The van der Waals surface area contributed by atoms with Crippen LogP contribution in [0.3, 0.4) is 0 Å². The van der Waals surface area contributed by atoms with E-state index in [0.717, 1.165) is 12.8 Å². The van der Waals surface area contributed by atoms with Gasteiger partial charge in [0.05, 0.1) is 6.10 Å². The van der Waals surface area contributed by atoms with Gasteiger partial charge in [0.1, 0.15) is 18.5 Å². The van der Waals surface area contributed by atoms with Crippen LogP contribution in [0.5, 0.6) is 0 Å². The smallest absolute Gasteiger partial charge is 0.332 e. The van der Waals surface area contributed by atoms with E-state index in [0.29, 0.717) is 25.2 Å². The first-order chi connectivity index (χ1) is 13.4. The van der Waals surface area contributed by atoms with Crippen LogP contribution in [0.2, 0.25) is 0 Å². The van der Waals surface area contributed by atoms with Gasteiger partial charge in [-0.25, -0.2) is 4.79 Å². The minimum atomic E-state index is -0.671. The molecule has 8 atom stereocenters. The maximum absolute atomic E-state index is 12.1. The van der Waals surface area contributed by atoms with Gasteiger partial charge in [-0.2, -0.15) is 0 Å². The molecule has 2 saturated carbocycles. The van der Waals surface area contributed by atoms with E-state index < -0.39 is 30.2 Å². The van der Waals surface area contributed by atoms with Crippen LogP contribution in [0.4, 0.5) is 0 Å². The molecule has 0 aromatic rings. The standard InChI is InChI=1S/C23H41NO5/c1-14-7-9-23(10-8-15(2)26)16(3)20(28)21(5,13-24)11-18(29-19(27)12-25)22(14,6)17(23)4/h14,16-18,20,25,28H,7-13,24H2,1-6H3/t14-,16+,17+,18-,20+,21-,22-,23+/m1/s1. The fourth-order valence-electron chi connectivity index (χ4n) is 6.51. The maximum Gasteiger partial charge on any atom is 0.332 e. The summed E-state index contributed by atoms with van der Waals surface area (Å²) >= 11 is 0. The predicted octanol–water partition coefficient (Wildman–Crippen LogP) is 2.68. The highest BCUT2D eigenvalue weighted by Gasteiger charge is 2.62. The quantitative estimate of drug-likeness (QED) is 0.580. The molecule has 0 unspecified atom stereocenters. The lowest BCUT2D eigenvalue weighted by atomic mass is 9.42. The minimum Gasteiger partial charge on any atom is -0.460 e. The zero-order valence-electron chi connectivity index (χ0n) is 19.0. The molecule has 0 heterocycles. The highest BCUT2D eigenvalue weighted by Crippen LogP contribution is 2.64. The fraction of sp³-hybridized carbons (Fsp3) is 0.913. The number of rotatable bonds is 6. The molecular formula is C23H41NO5. The van der Waals surface area contributed by atoms with E-state index in [1.54, 1.807) is 6.92 Å². The van der Waals surface area contributed by atoms with Crippen LogP contribution in [0, 0.1) is 34.0 Å². The molecule has 2 aliphatic rings. The molecule has 0 radical (unpaired) electrons. The molecule has 0 saturated heterocycles. The third kappa shape index (κ3) is 4.00. The molecule has 29 heavy (non-hydrogen) atoms. The summed E-state index contributed by atoms with van der Waals surface area (Å²) < 4.78 is 5.83. The molecule has 2 rings (SSSR count). The number of nitrogens with two attached hydrogens (primary N) is 1. The third-order valence-corrected chi connectivity index (χ3v) is 9.15. The number of ether oxygens (including phenoxy) is 1. The Morgan fingerprint density at radius 2 is 1.83 bits per heavy atom. The number of Topliss-reactive ketones (excluding diaryl/α,β-unsaturated/α-hetero) is 1. The van der Waals surface area contributed by atoms with Crippen LogP contribution < -0.4 is 5.73 Å². The zero-order valence-corrected chi connectivity index (χ0v) is 19.0. The van der Waals surface area contributed by atoms with E-state index in [1.165, 1.54) is 0 Å². The second-order valence-electron chi connectivity index (χ2n) is 10.4. The second-order valence-corrected chi connectivity index (χ2v) is 10.4. The van der Waals surface area contributed by atoms with Crippen molar-refractivity contribution in [3.05, 3.63) is 0 Å². The number of carbonyl (C=O) groups is 2. The highest BCUT2D eigenvalue weighted by atomic mass is 16.6. The second kappa shape index (κ2) is 8.64. The lowest BCUT2D eigenvalue weighted by Gasteiger charge is -2.64. The first kappa shape index (κ1) is 24.3. The zero-order chi connectivity index (χ0) is 22.2. The molecule has 0 amide bonds. The Balaban J connectivity index is 2.65. The van der Waals surface area contributed by atoms with Crippen LogP contribution in [0.25, 0.3) is 0 Å². The van der Waals surface area contributed by atoms with Crippen LogP contribution in [-0.2, 0) is 14.3 Å². The molecule has 0 aliphatic heterocycles. The number of hydrogen-bond acceptors (Lipinski definition) is 6. The Hall–Kier alpha value is -0.980. The van der Waals surface area contributed by atoms with Crippen molar-refractivity contribution in [2.45, 2.75) is 85.9 Å². The monoisotopic (exact) mass is 411 g/mol. The molecule has 0 spiro atoms. The van der Waals surface area contributed by atoms with Crippen LogP contribution >= 0.6 is 0 Å². The van der Waals surface area contributed by atoms with E-state index in [4.69, 9.17) is 10.5 Å². The van der Waals surface area contributed by atoms with Crippen LogP contribution in [-0.4, -0.2) is 47.3 Å². The Kier molecular flexibility index (Phi) is 7.24. The summed E-state index contributed by atoms with van der Waals surface area (Å²) in [4.78, 5) is 24.0. The molecular weight excluding hydrogens is 370 g/mol. The lowest BCUT2D eigenvalue weighted by Crippen LogP contribution is -2.64. The largest absolute Gasteiger partial charge is 0.460 e. The molecule has 0 aromatic carbocycles. The van der Waals surface area contributed by atoms with Crippen LogP contribution in [0.1, 0.15) is 73.6 Å². The van der Waals surface area contributed by atoms with E-state index in [1.807, 2.05) is 6.92 Å². The van der Waals surface area contributed by atoms with E-state index in [-0.39, 0.29) is 35.0 Å². The van der Waals surface area contributed by atoms with Crippen molar-refractivity contribution >= 4 is 11.8 Å². The number of hydrogen-bond donors (Lipinski definition) is 3. The van der Waals surface area contributed by atoms with Gasteiger partial charge >= 0.3 is 5.97 Å². The highest BCUT2D eigenvalue weighted by molar-refractivity contribution is 5.75. The first-order valence-electron chi connectivity index (χ1n) is 11.1. The van der Waals surface area contributed by atoms with Gasteiger partial charge in [-0.15, -0.1) is 0 Å². The number of carbonyl (C=O) groups excluding carboxylic acids is 2. The van der Waals surface area contributed by atoms with Crippen molar-refractivity contribution in [3.8, 4) is 0 Å². The summed E-state index contributed by atoms with van der Waals surface area (Å²) in [5.74, 6) is -0.101.